The van der Waals surface area contributed by atoms with Crippen LogP contribution in [0.1, 0.15) is 63.3 Å². The Morgan fingerprint density at radius 3 is 2.76 bits per heavy atom. The molecule has 202 valence electrons. The number of aromatic nitrogens is 4. The first-order chi connectivity index (χ1) is 18.1. The zero-order valence-corrected chi connectivity index (χ0v) is 22.5. The molecule has 0 aromatic carbocycles. The van der Waals surface area contributed by atoms with E-state index >= 15 is 0 Å². The van der Waals surface area contributed by atoms with Gasteiger partial charge in [0.15, 0.2) is 5.82 Å². The van der Waals surface area contributed by atoms with Crippen molar-refractivity contribution >= 4 is 11.7 Å². The van der Waals surface area contributed by atoms with E-state index in [1.807, 2.05) is 43.5 Å². The van der Waals surface area contributed by atoms with Crippen molar-refractivity contribution in [2.75, 3.05) is 5.32 Å². The molecular weight excluding hydrogens is 480 g/mol. The molecule has 2 fully saturated rings. The second kappa shape index (κ2) is 10.4. The number of pyridine rings is 2. The standard InChI is InChI=1S/C28H38N8O2/c1-18-12-22(32-23(13-18)33-24-14-19(2)34-35-24)28(38)9-8-21(27(3,4)17-28)26(37)30-16-20-6-7-25(29-15-20)36-11-5-10-31-36/h5-7,10-13,15,19,21,24,34-35,38H,8-9,14,16-17H2,1-4H3,(H,30,37)(H,32,33)/t19?,21-,24?,28-/m0/s1. The van der Waals surface area contributed by atoms with Gasteiger partial charge in [-0.25, -0.2) is 20.1 Å². The molecule has 1 amide bonds. The molecule has 38 heavy (non-hydrogen) atoms. The van der Waals surface area contributed by atoms with Gasteiger partial charge < -0.3 is 15.7 Å². The third kappa shape index (κ3) is 5.72. The summed E-state index contributed by atoms with van der Waals surface area (Å²) in [6.07, 6.45) is 7.83. The highest BCUT2D eigenvalue weighted by molar-refractivity contribution is 5.79. The van der Waals surface area contributed by atoms with Gasteiger partial charge in [0.2, 0.25) is 5.91 Å². The van der Waals surface area contributed by atoms with Crippen LogP contribution < -0.4 is 21.5 Å². The second-order valence-electron chi connectivity index (χ2n) is 11.5. The van der Waals surface area contributed by atoms with E-state index in [4.69, 9.17) is 4.98 Å². The van der Waals surface area contributed by atoms with Gasteiger partial charge in [0.25, 0.3) is 0 Å². The summed E-state index contributed by atoms with van der Waals surface area (Å²) in [6.45, 7) is 8.67. The largest absolute Gasteiger partial charge is 0.384 e. The predicted octanol–water partition coefficient (Wildman–Crippen LogP) is 2.93. The Morgan fingerprint density at radius 1 is 1.26 bits per heavy atom. The van der Waals surface area contributed by atoms with Gasteiger partial charge in [0.1, 0.15) is 11.4 Å². The van der Waals surface area contributed by atoms with Crippen LogP contribution in [0.4, 0.5) is 5.82 Å². The number of aryl methyl sites for hydroxylation is 1. The lowest BCUT2D eigenvalue weighted by Crippen LogP contribution is -2.48. The molecule has 0 radical (unpaired) electrons. The molecule has 1 saturated carbocycles. The molecular formula is C28H38N8O2. The van der Waals surface area contributed by atoms with Crippen molar-refractivity contribution in [3.8, 4) is 5.82 Å². The lowest BCUT2D eigenvalue weighted by molar-refractivity contribution is -0.137. The van der Waals surface area contributed by atoms with E-state index in [1.54, 1.807) is 17.1 Å². The normalized spacial score (nSPS) is 26.7. The van der Waals surface area contributed by atoms with Gasteiger partial charge in [-0.1, -0.05) is 19.9 Å². The number of carbonyl (C=O) groups is 1. The minimum atomic E-state index is -1.09. The molecule has 5 rings (SSSR count). The first-order valence-corrected chi connectivity index (χ1v) is 13.3. The van der Waals surface area contributed by atoms with Gasteiger partial charge in [0.05, 0.1) is 11.9 Å². The molecule has 10 heteroatoms. The summed E-state index contributed by atoms with van der Waals surface area (Å²) in [7, 11) is 0. The number of hydrazine groups is 1. The van der Waals surface area contributed by atoms with Gasteiger partial charge in [-0.3, -0.25) is 10.2 Å². The Kier molecular flexibility index (Phi) is 7.21. The topological polar surface area (TPSA) is 129 Å². The van der Waals surface area contributed by atoms with Crippen LogP contribution in [0, 0.1) is 18.3 Å². The van der Waals surface area contributed by atoms with Gasteiger partial charge in [-0.05, 0) is 80.3 Å². The van der Waals surface area contributed by atoms with Crippen molar-refractivity contribution in [2.24, 2.45) is 11.3 Å². The molecule has 1 aliphatic carbocycles. The minimum Gasteiger partial charge on any atom is -0.384 e. The molecule has 4 atom stereocenters. The molecule has 3 aromatic heterocycles. The number of carbonyl (C=O) groups excluding carboxylic acids is 1. The van der Waals surface area contributed by atoms with E-state index in [9.17, 15) is 9.90 Å². The van der Waals surface area contributed by atoms with Crippen molar-refractivity contribution in [3.63, 3.8) is 0 Å². The Morgan fingerprint density at radius 2 is 2.11 bits per heavy atom. The number of rotatable bonds is 7. The molecule has 10 nitrogen and oxygen atoms in total. The number of anilines is 1. The number of hydrogen-bond donors (Lipinski definition) is 5. The highest BCUT2D eigenvalue weighted by atomic mass is 16.3. The highest BCUT2D eigenvalue weighted by Crippen LogP contribution is 2.49. The fourth-order valence-corrected chi connectivity index (χ4v) is 5.78. The summed E-state index contributed by atoms with van der Waals surface area (Å²) < 4.78 is 1.69. The first-order valence-electron chi connectivity index (χ1n) is 13.3. The van der Waals surface area contributed by atoms with Crippen molar-refractivity contribution in [1.29, 1.82) is 0 Å². The number of aliphatic hydroxyl groups is 1. The van der Waals surface area contributed by atoms with Crippen LogP contribution in [-0.4, -0.2) is 43.0 Å². The molecule has 1 saturated heterocycles. The van der Waals surface area contributed by atoms with Crippen molar-refractivity contribution in [3.05, 3.63) is 65.7 Å². The minimum absolute atomic E-state index is 0.00156. The van der Waals surface area contributed by atoms with Crippen LogP contribution >= 0.6 is 0 Å². The third-order valence-electron chi connectivity index (χ3n) is 7.73. The van der Waals surface area contributed by atoms with Gasteiger partial charge in [-0.2, -0.15) is 5.10 Å². The lowest BCUT2D eigenvalue weighted by Gasteiger charge is -2.46. The molecule has 0 spiro atoms. The zero-order chi connectivity index (χ0) is 26.9. The quantitative estimate of drug-likeness (QED) is 0.323. The third-order valence-corrected chi connectivity index (χ3v) is 7.73. The van der Waals surface area contributed by atoms with Crippen LogP contribution in [0.2, 0.25) is 0 Å². The molecule has 5 N–H and O–H groups in total. The van der Waals surface area contributed by atoms with E-state index in [2.05, 4.69) is 52.3 Å². The van der Waals surface area contributed by atoms with Crippen molar-refractivity contribution in [2.45, 2.75) is 77.7 Å². The Bertz CT molecular complexity index is 1260. The van der Waals surface area contributed by atoms with E-state index in [0.717, 1.165) is 29.2 Å². The average Bonchev–Trinajstić information content (AvgIpc) is 3.54. The molecule has 1 aliphatic heterocycles. The molecule has 2 aliphatic rings. The number of amides is 1. The van der Waals surface area contributed by atoms with Gasteiger partial charge >= 0.3 is 0 Å². The SMILES string of the molecule is Cc1cc(NC2CC(C)NN2)nc([C@]2(O)CC[C@@H](C(=O)NCc3ccc(-n4cccn4)nc3)C(C)(C)C2)c1. The van der Waals surface area contributed by atoms with Crippen LogP contribution in [0.15, 0.2) is 48.9 Å². The molecule has 4 heterocycles. The Labute approximate surface area is 223 Å². The molecule has 2 unspecified atom stereocenters. The summed E-state index contributed by atoms with van der Waals surface area (Å²) in [5.74, 6) is 1.26. The Hall–Kier alpha value is -3.34. The van der Waals surface area contributed by atoms with E-state index in [1.165, 1.54) is 0 Å². The summed E-state index contributed by atoms with van der Waals surface area (Å²) in [4.78, 5) is 22.5. The van der Waals surface area contributed by atoms with Crippen LogP contribution in [0.25, 0.3) is 5.82 Å². The second-order valence-corrected chi connectivity index (χ2v) is 11.5. The van der Waals surface area contributed by atoms with E-state index in [-0.39, 0.29) is 18.0 Å². The van der Waals surface area contributed by atoms with E-state index < -0.39 is 11.0 Å². The lowest BCUT2D eigenvalue weighted by atomic mass is 9.62. The van der Waals surface area contributed by atoms with Gasteiger partial charge in [0, 0.05) is 37.1 Å². The average molecular weight is 519 g/mol. The smallest absolute Gasteiger partial charge is 0.223 e. The molecule has 3 aromatic rings. The summed E-state index contributed by atoms with van der Waals surface area (Å²) >= 11 is 0. The maximum Gasteiger partial charge on any atom is 0.223 e. The number of nitrogens with zero attached hydrogens (tertiary/aromatic N) is 4. The monoisotopic (exact) mass is 518 g/mol. The Balaban J connectivity index is 1.22. The zero-order valence-electron chi connectivity index (χ0n) is 22.5. The number of hydrogen-bond acceptors (Lipinski definition) is 8. The van der Waals surface area contributed by atoms with Crippen LogP contribution in [0.5, 0.6) is 0 Å². The van der Waals surface area contributed by atoms with Crippen molar-refractivity contribution < 1.29 is 9.90 Å². The van der Waals surface area contributed by atoms with E-state index in [0.29, 0.717) is 37.5 Å². The fourth-order valence-electron chi connectivity index (χ4n) is 5.78. The van der Waals surface area contributed by atoms with Gasteiger partial charge in [-0.15, -0.1) is 0 Å². The van der Waals surface area contributed by atoms with Crippen molar-refractivity contribution in [1.82, 2.24) is 35.9 Å². The summed E-state index contributed by atoms with van der Waals surface area (Å²) in [5, 5.41) is 22.5. The molecule has 0 bridgehead atoms. The summed E-state index contributed by atoms with van der Waals surface area (Å²) in [5.41, 5.74) is 7.56. The maximum atomic E-state index is 13.3. The maximum absolute atomic E-state index is 13.3. The van der Waals surface area contributed by atoms with Crippen LogP contribution in [0.3, 0.4) is 0 Å². The van der Waals surface area contributed by atoms with Crippen LogP contribution in [-0.2, 0) is 16.9 Å². The summed E-state index contributed by atoms with van der Waals surface area (Å²) in [6, 6.07) is 10.0. The first kappa shape index (κ1) is 26.3. The highest BCUT2D eigenvalue weighted by Gasteiger charge is 2.48. The fraction of sp³-hybridized carbons (Fsp3) is 0.500. The number of nitrogens with one attached hydrogen (secondary N) is 4. The predicted molar refractivity (Wildman–Crippen MR) is 145 cm³/mol.